The highest BCUT2D eigenvalue weighted by Crippen LogP contribution is 2.20. The molecule has 0 aliphatic carbocycles. The van der Waals surface area contributed by atoms with E-state index in [-0.39, 0.29) is 0 Å². The number of unbranched alkanes of at least 4 members (excludes halogenated alkanes) is 2. The van der Waals surface area contributed by atoms with Crippen LogP contribution in [0.5, 0.6) is 5.75 Å². The SMILES string of the molecule is CN(CCCCCO)CCOc1ccc2ccccc2c1. The predicted octanol–water partition coefficient (Wildman–Crippen LogP) is 3.31. The maximum absolute atomic E-state index is 8.74. The summed E-state index contributed by atoms with van der Waals surface area (Å²) in [5.41, 5.74) is 0. The summed E-state index contributed by atoms with van der Waals surface area (Å²) in [6.45, 7) is 2.98. The molecule has 114 valence electrons. The number of hydrogen-bond acceptors (Lipinski definition) is 3. The molecule has 0 aliphatic heterocycles. The van der Waals surface area contributed by atoms with Crippen LogP contribution in [0.15, 0.2) is 42.5 Å². The molecule has 0 atom stereocenters. The number of aliphatic hydroxyl groups is 1. The van der Waals surface area contributed by atoms with Gasteiger partial charge in [-0.3, -0.25) is 0 Å². The van der Waals surface area contributed by atoms with Crippen LogP contribution in [0.25, 0.3) is 10.8 Å². The van der Waals surface area contributed by atoms with Gasteiger partial charge in [0, 0.05) is 13.2 Å². The van der Waals surface area contributed by atoms with Crippen molar-refractivity contribution in [2.75, 3.05) is 33.4 Å². The third-order valence-electron chi connectivity index (χ3n) is 3.66. The molecule has 0 saturated carbocycles. The van der Waals surface area contributed by atoms with Crippen molar-refractivity contribution in [1.29, 1.82) is 0 Å². The van der Waals surface area contributed by atoms with Crippen LogP contribution in [-0.4, -0.2) is 43.4 Å². The Bertz CT molecular complexity index is 541. The minimum atomic E-state index is 0.300. The molecular weight excluding hydrogens is 262 g/mol. The van der Waals surface area contributed by atoms with Crippen LogP contribution in [-0.2, 0) is 0 Å². The number of hydrogen-bond donors (Lipinski definition) is 1. The standard InChI is InChI=1S/C18H25NO2/c1-19(11-5-2-6-13-20)12-14-21-18-10-9-16-7-3-4-8-17(16)15-18/h3-4,7-10,15,20H,2,5-6,11-14H2,1H3. The minimum Gasteiger partial charge on any atom is -0.492 e. The second-order valence-corrected chi connectivity index (χ2v) is 5.44. The van der Waals surface area contributed by atoms with E-state index >= 15 is 0 Å². The summed E-state index contributed by atoms with van der Waals surface area (Å²) < 4.78 is 5.83. The van der Waals surface area contributed by atoms with Gasteiger partial charge in [0.15, 0.2) is 0 Å². The lowest BCUT2D eigenvalue weighted by molar-refractivity contribution is 0.230. The third-order valence-corrected chi connectivity index (χ3v) is 3.66. The zero-order valence-corrected chi connectivity index (χ0v) is 12.8. The molecule has 3 nitrogen and oxygen atoms in total. The Kier molecular flexibility index (Phi) is 6.51. The Morgan fingerprint density at radius 3 is 2.57 bits per heavy atom. The van der Waals surface area contributed by atoms with E-state index in [2.05, 4.69) is 42.3 Å². The molecule has 0 unspecified atom stereocenters. The largest absolute Gasteiger partial charge is 0.492 e. The van der Waals surface area contributed by atoms with Gasteiger partial charge in [0.1, 0.15) is 12.4 Å². The number of ether oxygens (including phenoxy) is 1. The maximum Gasteiger partial charge on any atom is 0.120 e. The summed E-state index contributed by atoms with van der Waals surface area (Å²) >= 11 is 0. The summed E-state index contributed by atoms with van der Waals surface area (Å²) in [7, 11) is 2.11. The summed E-state index contributed by atoms with van der Waals surface area (Å²) in [6.07, 6.45) is 3.13. The first kappa shape index (κ1) is 15.8. The smallest absolute Gasteiger partial charge is 0.120 e. The van der Waals surface area contributed by atoms with Crippen LogP contribution in [0, 0.1) is 0 Å². The highest BCUT2D eigenvalue weighted by atomic mass is 16.5. The molecule has 2 rings (SSSR count). The zero-order valence-electron chi connectivity index (χ0n) is 12.8. The van der Waals surface area contributed by atoms with Crippen LogP contribution < -0.4 is 4.74 Å². The van der Waals surface area contributed by atoms with Crippen molar-refractivity contribution in [1.82, 2.24) is 4.90 Å². The van der Waals surface area contributed by atoms with E-state index in [0.29, 0.717) is 13.2 Å². The first-order chi connectivity index (χ1) is 10.3. The van der Waals surface area contributed by atoms with Gasteiger partial charge in [-0.05, 0) is 55.8 Å². The molecule has 2 aromatic carbocycles. The zero-order chi connectivity index (χ0) is 14.9. The van der Waals surface area contributed by atoms with Crippen LogP contribution in [0.1, 0.15) is 19.3 Å². The van der Waals surface area contributed by atoms with Gasteiger partial charge in [-0.15, -0.1) is 0 Å². The third kappa shape index (κ3) is 5.37. The van der Waals surface area contributed by atoms with Gasteiger partial charge in [-0.25, -0.2) is 0 Å². The lowest BCUT2D eigenvalue weighted by Crippen LogP contribution is -2.25. The Hall–Kier alpha value is -1.58. The van der Waals surface area contributed by atoms with Crippen molar-refractivity contribution in [2.24, 2.45) is 0 Å². The summed E-state index contributed by atoms with van der Waals surface area (Å²) in [5, 5.41) is 11.2. The van der Waals surface area contributed by atoms with Gasteiger partial charge in [0.25, 0.3) is 0 Å². The topological polar surface area (TPSA) is 32.7 Å². The van der Waals surface area contributed by atoms with Crippen molar-refractivity contribution in [2.45, 2.75) is 19.3 Å². The molecule has 0 spiro atoms. The van der Waals surface area contributed by atoms with Crippen LogP contribution in [0.2, 0.25) is 0 Å². The molecule has 0 bridgehead atoms. The van der Waals surface area contributed by atoms with Crippen molar-refractivity contribution in [3.63, 3.8) is 0 Å². The minimum absolute atomic E-state index is 0.300. The van der Waals surface area contributed by atoms with E-state index in [9.17, 15) is 0 Å². The maximum atomic E-state index is 8.74. The normalized spacial score (nSPS) is 11.2. The van der Waals surface area contributed by atoms with Gasteiger partial charge in [-0.2, -0.15) is 0 Å². The molecular formula is C18H25NO2. The summed E-state index contributed by atoms with van der Waals surface area (Å²) in [6, 6.07) is 14.5. The molecule has 0 heterocycles. The molecule has 1 N–H and O–H groups in total. The Morgan fingerprint density at radius 2 is 1.76 bits per heavy atom. The van der Waals surface area contributed by atoms with Crippen molar-refractivity contribution < 1.29 is 9.84 Å². The number of benzene rings is 2. The predicted molar refractivity (Wildman–Crippen MR) is 87.9 cm³/mol. The Morgan fingerprint density at radius 1 is 0.952 bits per heavy atom. The van der Waals surface area contributed by atoms with E-state index in [1.807, 2.05) is 12.1 Å². The van der Waals surface area contributed by atoms with Crippen molar-refractivity contribution in [3.05, 3.63) is 42.5 Å². The van der Waals surface area contributed by atoms with Crippen LogP contribution in [0.4, 0.5) is 0 Å². The molecule has 0 fully saturated rings. The fraction of sp³-hybridized carbons (Fsp3) is 0.444. The highest BCUT2D eigenvalue weighted by Gasteiger charge is 2.00. The van der Waals surface area contributed by atoms with Crippen molar-refractivity contribution >= 4 is 10.8 Å². The molecule has 0 saturated heterocycles. The van der Waals surface area contributed by atoms with E-state index in [4.69, 9.17) is 9.84 Å². The molecule has 3 heteroatoms. The van der Waals surface area contributed by atoms with Gasteiger partial charge in [0.2, 0.25) is 0 Å². The fourth-order valence-electron chi connectivity index (χ4n) is 2.36. The van der Waals surface area contributed by atoms with E-state index in [1.165, 1.54) is 10.8 Å². The first-order valence-corrected chi connectivity index (χ1v) is 7.70. The van der Waals surface area contributed by atoms with E-state index < -0.39 is 0 Å². The van der Waals surface area contributed by atoms with Gasteiger partial charge >= 0.3 is 0 Å². The Labute approximate surface area is 127 Å². The van der Waals surface area contributed by atoms with E-state index in [1.54, 1.807) is 0 Å². The van der Waals surface area contributed by atoms with E-state index in [0.717, 1.165) is 38.1 Å². The monoisotopic (exact) mass is 287 g/mol. The molecule has 0 aromatic heterocycles. The quantitative estimate of drug-likeness (QED) is 0.718. The number of likely N-dealkylation sites (N-methyl/N-ethyl adjacent to an activating group) is 1. The lowest BCUT2D eigenvalue weighted by atomic mass is 10.1. The van der Waals surface area contributed by atoms with Crippen molar-refractivity contribution in [3.8, 4) is 5.75 Å². The molecule has 21 heavy (non-hydrogen) atoms. The second kappa shape index (κ2) is 8.65. The molecule has 0 amide bonds. The Balaban J connectivity index is 1.72. The highest BCUT2D eigenvalue weighted by molar-refractivity contribution is 5.83. The first-order valence-electron chi connectivity index (χ1n) is 7.70. The number of nitrogens with zero attached hydrogens (tertiary/aromatic N) is 1. The number of aliphatic hydroxyl groups excluding tert-OH is 1. The molecule has 0 radical (unpaired) electrons. The summed E-state index contributed by atoms with van der Waals surface area (Å²) in [4.78, 5) is 2.28. The molecule has 0 aliphatic rings. The molecule has 2 aromatic rings. The lowest BCUT2D eigenvalue weighted by Gasteiger charge is -2.16. The van der Waals surface area contributed by atoms with Crippen LogP contribution >= 0.6 is 0 Å². The average Bonchev–Trinajstić information content (AvgIpc) is 2.51. The number of fused-ring (bicyclic) bond motifs is 1. The van der Waals surface area contributed by atoms with Gasteiger partial charge < -0.3 is 14.7 Å². The van der Waals surface area contributed by atoms with Crippen LogP contribution in [0.3, 0.4) is 0 Å². The summed E-state index contributed by atoms with van der Waals surface area (Å²) in [5.74, 6) is 0.933. The van der Waals surface area contributed by atoms with Gasteiger partial charge in [-0.1, -0.05) is 30.3 Å². The number of rotatable bonds is 9. The average molecular weight is 287 g/mol. The second-order valence-electron chi connectivity index (χ2n) is 5.44. The van der Waals surface area contributed by atoms with Gasteiger partial charge in [0.05, 0.1) is 0 Å². The fourth-order valence-corrected chi connectivity index (χ4v) is 2.36.